The molecule has 2 nitrogen and oxygen atoms in total. The van der Waals surface area contributed by atoms with Crippen LogP contribution in [0.2, 0.25) is 0 Å². The maximum absolute atomic E-state index is 5.54. The van der Waals surface area contributed by atoms with Gasteiger partial charge in [-0.25, -0.2) is 0 Å². The normalized spacial score (nSPS) is 44.4. The van der Waals surface area contributed by atoms with Crippen molar-refractivity contribution in [1.82, 2.24) is 0 Å². The summed E-state index contributed by atoms with van der Waals surface area (Å²) in [5.41, 5.74) is 0. The maximum atomic E-state index is 5.54. The molecule has 0 amide bonds. The zero-order valence-corrected chi connectivity index (χ0v) is 8.24. The van der Waals surface area contributed by atoms with Crippen LogP contribution in [0.4, 0.5) is 0 Å². The Hall–Kier alpha value is -0.340. The predicted octanol–water partition coefficient (Wildman–Crippen LogP) is 2.14. The summed E-state index contributed by atoms with van der Waals surface area (Å²) in [6.07, 6.45) is 8.13. The molecule has 3 unspecified atom stereocenters. The minimum Gasteiger partial charge on any atom is -0.381 e. The Morgan fingerprint density at radius 2 is 2.15 bits per heavy atom. The number of hydrogen-bond donors (Lipinski definition) is 0. The van der Waals surface area contributed by atoms with Crippen LogP contribution >= 0.6 is 0 Å². The van der Waals surface area contributed by atoms with Gasteiger partial charge in [-0.2, -0.15) is 0 Å². The number of rotatable bonds is 3. The van der Waals surface area contributed by atoms with Crippen molar-refractivity contribution in [3.8, 4) is 0 Å². The quantitative estimate of drug-likeness (QED) is 0.492. The third-order valence-electron chi connectivity index (χ3n) is 3.27. The van der Waals surface area contributed by atoms with Gasteiger partial charge in [-0.1, -0.05) is 18.9 Å². The van der Waals surface area contributed by atoms with E-state index in [0.29, 0.717) is 24.2 Å². The lowest BCUT2D eigenvalue weighted by Crippen LogP contribution is -2.31. The number of ether oxygens (including phenoxy) is 2. The molecule has 2 aliphatic rings. The van der Waals surface area contributed by atoms with Gasteiger partial charge in [0.2, 0.25) is 0 Å². The summed E-state index contributed by atoms with van der Waals surface area (Å²) < 4.78 is 11.0. The van der Waals surface area contributed by atoms with Crippen molar-refractivity contribution in [3.63, 3.8) is 0 Å². The SMILES string of the molecule is C=CC1O[C@@H]1C1CCCCC1OC. The molecule has 2 heteroatoms. The number of methoxy groups -OCH3 is 1. The van der Waals surface area contributed by atoms with Gasteiger partial charge in [0.25, 0.3) is 0 Å². The Morgan fingerprint density at radius 3 is 2.77 bits per heavy atom. The first-order valence-corrected chi connectivity index (χ1v) is 5.17. The van der Waals surface area contributed by atoms with Crippen LogP contribution in [0.3, 0.4) is 0 Å². The second-order valence-corrected chi connectivity index (χ2v) is 4.02. The zero-order valence-electron chi connectivity index (χ0n) is 8.24. The molecule has 1 heterocycles. The van der Waals surface area contributed by atoms with Crippen molar-refractivity contribution in [2.45, 2.75) is 44.0 Å². The Morgan fingerprint density at radius 1 is 1.38 bits per heavy atom. The van der Waals surface area contributed by atoms with E-state index < -0.39 is 0 Å². The topological polar surface area (TPSA) is 21.8 Å². The Kier molecular flexibility index (Phi) is 2.70. The summed E-state index contributed by atoms with van der Waals surface area (Å²) in [4.78, 5) is 0. The standard InChI is InChI=1S/C11H18O2/c1-3-9-11(13-9)8-6-4-5-7-10(8)12-2/h3,8-11H,1,4-7H2,2H3/t8?,9?,10?,11-/m1/s1. The van der Waals surface area contributed by atoms with Crippen molar-refractivity contribution >= 4 is 0 Å². The van der Waals surface area contributed by atoms with Gasteiger partial charge in [0.15, 0.2) is 0 Å². The molecule has 74 valence electrons. The molecule has 13 heavy (non-hydrogen) atoms. The predicted molar refractivity (Wildman–Crippen MR) is 51.6 cm³/mol. The van der Waals surface area contributed by atoms with Crippen LogP contribution in [0, 0.1) is 5.92 Å². The Bertz CT molecular complexity index is 191. The highest BCUT2D eigenvalue weighted by Crippen LogP contribution is 2.39. The summed E-state index contributed by atoms with van der Waals surface area (Å²) in [5.74, 6) is 0.613. The molecule has 0 N–H and O–H groups in total. The fourth-order valence-electron chi connectivity index (χ4n) is 2.46. The molecule has 0 aromatic rings. The van der Waals surface area contributed by atoms with Gasteiger partial charge in [0, 0.05) is 13.0 Å². The van der Waals surface area contributed by atoms with Gasteiger partial charge >= 0.3 is 0 Å². The van der Waals surface area contributed by atoms with E-state index in [9.17, 15) is 0 Å². The average Bonchev–Trinajstić information content (AvgIpc) is 2.96. The molecule has 0 aromatic carbocycles. The van der Waals surface area contributed by atoms with Gasteiger partial charge in [-0.15, -0.1) is 6.58 Å². The highest BCUT2D eigenvalue weighted by Gasteiger charge is 2.46. The molecule has 0 spiro atoms. The van der Waals surface area contributed by atoms with Gasteiger partial charge in [0.1, 0.15) is 6.10 Å². The average molecular weight is 182 g/mol. The second-order valence-electron chi connectivity index (χ2n) is 4.02. The van der Waals surface area contributed by atoms with Gasteiger partial charge in [0.05, 0.1) is 12.2 Å². The van der Waals surface area contributed by atoms with E-state index in [-0.39, 0.29) is 0 Å². The lowest BCUT2D eigenvalue weighted by atomic mass is 9.83. The smallest absolute Gasteiger partial charge is 0.102 e. The van der Waals surface area contributed by atoms with Crippen molar-refractivity contribution in [1.29, 1.82) is 0 Å². The first-order chi connectivity index (χ1) is 6.36. The van der Waals surface area contributed by atoms with Crippen LogP contribution in [0.1, 0.15) is 25.7 Å². The maximum Gasteiger partial charge on any atom is 0.102 e. The third kappa shape index (κ3) is 1.79. The summed E-state index contributed by atoms with van der Waals surface area (Å²) in [5, 5.41) is 0. The summed E-state index contributed by atoms with van der Waals surface area (Å²) in [7, 11) is 1.81. The summed E-state index contributed by atoms with van der Waals surface area (Å²) in [6.45, 7) is 3.75. The summed E-state index contributed by atoms with van der Waals surface area (Å²) >= 11 is 0. The molecule has 1 saturated heterocycles. The Labute approximate surface area is 79.9 Å². The van der Waals surface area contributed by atoms with E-state index in [1.54, 1.807) is 0 Å². The largest absolute Gasteiger partial charge is 0.381 e. The molecule has 1 aliphatic heterocycles. The van der Waals surface area contributed by atoms with Gasteiger partial charge < -0.3 is 9.47 Å². The highest BCUT2D eigenvalue weighted by atomic mass is 16.6. The van der Waals surface area contributed by atoms with Crippen LogP contribution in [0.5, 0.6) is 0 Å². The molecule has 0 aromatic heterocycles. The van der Waals surface area contributed by atoms with E-state index in [4.69, 9.17) is 9.47 Å². The monoisotopic (exact) mass is 182 g/mol. The molecule has 1 saturated carbocycles. The van der Waals surface area contributed by atoms with Gasteiger partial charge in [-0.3, -0.25) is 0 Å². The Balaban J connectivity index is 1.92. The molecule has 1 aliphatic carbocycles. The van der Waals surface area contributed by atoms with Gasteiger partial charge in [-0.05, 0) is 12.8 Å². The molecule has 0 bridgehead atoms. The third-order valence-corrected chi connectivity index (χ3v) is 3.27. The van der Waals surface area contributed by atoms with Crippen LogP contribution in [-0.2, 0) is 9.47 Å². The van der Waals surface area contributed by atoms with Crippen LogP contribution < -0.4 is 0 Å². The van der Waals surface area contributed by atoms with Crippen molar-refractivity contribution < 1.29 is 9.47 Å². The van der Waals surface area contributed by atoms with Crippen molar-refractivity contribution in [2.75, 3.05) is 7.11 Å². The second kappa shape index (κ2) is 3.81. The fourth-order valence-corrected chi connectivity index (χ4v) is 2.46. The van der Waals surface area contributed by atoms with Crippen LogP contribution in [-0.4, -0.2) is 25.4 Å². The first kappa shape index (κ1) is 9.22. The highest BCUT2D eigenvalue weighted by molar-refractivity contribution is 5.03. The molecular formula is C11H18O2. The van der Waals surface area contributed by atoms with Crippen LogP contribution in [0.15, 0.2) is 12.7 Å². The zero-order chi connectivity index (χ0) is 9.26. The van der Waals surface area contributed by atoms with E-state index in [0.717, 1.165) is 0 Å². The fraction of sp³-hybridized carbons (Fsp3) is 0.818. The molecule has 0 radical (unpaired) electrons. The number of epoxide rings is 1. The number of hydrogen-bond acceptors (Lipinski definition) is 2. The molecular weight excluding hydrogens is 164 g/mol. The van der Waals surface area contributed by atoms with E-state index in [2.05, 4.69) is 6.58 Å². The van der Waals surface area contributed by atoms with E-state index in [1.165, 1.54) is 25.7 Å². The minimum absolute atomic E-state index is 0.306. The van der Waals surface area contributed by atoms with E-state index >= 15 is 0 Å². The van der Waals surface area contributed by atoms with E-state index in [1.807, 2.05) is 13.2 Å². The van der Waals surface area contributed by atoms with Crippen molar-refractivity contribution in [2.24, 2.45) is 5.92 Å². The molecule has 4 atom stereocenters. The molecule has 2 rings (SSSR count). The summed E-state index contributed by atoms with van der Waals surface area (Å²) in [6, 6.07) is 0. The lowest BCUT2D eigenvalue weighted by molar-refractivity contribution is 0.0125. The minimum atomic E-state index is 0.306. The van der Waals surface area contributed by atoms with Crippen molar-refractivity contribution in [3.05, 3.63) is 12.7 Å². The first-order valence-electron chi connectivity index (χ1n) is 5.17. The molecule has 2 fully saturated rings. The lowest BCUT2D eigenvalue weighted by Gasteiger charge is -2.29. The van der Waals surface area contributed by atoms with Crippen LogP contribution in [0.25, 0.3) is 0 Å².